The Labute approximate surface area is 576 Å². The number of ketones is 1. The second kappa shape index (κ2) is 293. The van der Waals surface area contributed by atoms with E-state index in [4.69, 9.17) is 9.78 Å². The highest BCUT2D eigenvalue weighted by atomic mass is 18.0. The van der Waals surface area contributed by atoms with Gasteiger partial charge in [0.25, 0.3) is 11.8 Å². The Morgan fingerprint density at radius 3 is 0.688 bits per heavy atom. The van der Waals surface area contributed by atoms with Crippen molar-refractivity contribution in [1.82, 2.24) is 4.90 Å². The normalized spacial score (nSPS) is 7.68. The maximum absolute atomic E-state index is 12.7. The van der Waals surface area contributed by atoms with Crippen molar-refractivity contribution in [3.05, 3.63) is 328 Å². The molecule has 2 amide bonds. The van der Waals surface area contributed by atoms with Gasteiger partial charge >= 0.3 is 0 Å². The topological polar surface area (TPSA) is 315 Å². The van der Waals surface area contributed by atoms with Gasteiger partial charge in [-0.3, -0.25) is 19.3 Å². The van der Waals surface area contributed by atoms with Crippen molar-refractivity contribution < 1.29 is 150 Å². The average Bonchev–Trinajstić information content (AvgIpc) is 1.46. The van der Waals surface area contributed by atoms with Gasteiger partial charge in [-0.15, -0.1) is 316 Å². The molecule has 0 saturated carbocycles. The van der Waals surface area contributed by atoms with E-state index in [1.54, 1.807) is 0 Å². The fourth-order valence-electron chi connectivity index (χ4n) is 2.82. The molecule has 0 atom stereocenters. The van der Waals surface area contributed by atoms with Crippen LogP contribution in [0.3, 0.4) is 0 Å². The number of imide groups is 1. The van der Waals surface area contributed by atoms with E-state index in [1.807, 2.05) is 0 Å². The van der Waals surface area contributed by atoms with Gasteiger partial charge in [0.15, 0.2) is 0 Å². The predicted octanol–water partition coefficient (Wildman–Crippen LogP) is 18.3. The van der Waals surface area contributed by atoms with Crippen LogP contribution in [0.5, 0.6) is 0 Å². The van der Waals surface area contributed by atoms with Crippen molar-refractivity contribution in [1.29, 1.82) is 0 Å². The van der Waals surface area contributed by atoms with Crippen molar-refractivity contribution in [2.24, 2.45) is 5.41 Å². The highest BCUT2D eigenvalue weighted by Crippen LogP contribution is 2.25. The summed E-state index contributed by atoms with van der Waals surface area (Å²) in [5, 5.41) is 92.8. The van der Waals surface area contributed by atoms with E-state index in [0.29, 0.717) is 19.3 Å². The first-order chi connectivity index (χ1) is 47.5. The summed E-state index contributed by atoms with van der Waals surface area (Å²) in [5.74, 6) is -1.22. The van der Waals surface area contributed by atoms with E-state index in [2.05, 4.69) is 436 Å². The molecule has 1 N–H and O–H groups in total. The maximum Gasteiger partial charge on any atom is 0.253 e. The van der Waals surface area contributed by atoms with E-state index < -0.39 is 43.5 Å². The van der Waals surface area contributed by atoms with Crippen molar-refractivity contribution in [2.45, 2.75) is 32.1 Å². The van der Waals surface area contributed by atoms with Crippen molar-refractivity contribution in [3.8, 4) is 0 Å². The minimum absolute atomic E-state index is 0.0178. The summed E-state index contributed by atoms with van der Waals surface area (Å²) in [5.41, 5.74) is -1.59. The molecule has 31 nitrogen and oxygen atoms in total. The molecule has 0 aromatic rings. The van der Waals surface area contributed by atoms with Crippen molar-refractivity contribution in [2.75, 3.05) is 40.6 Å². The van der Waals surface area contributed by atoms with Crippen LogP contribution in [-0.2, 0) is 145 Å². The zero-order valence-electron chi connectivity index (χ0n) is 58.2. The Morgan fingerprint density at radius 2 is 0.500 bits per heavy atom. The SMILES string of the molecule is C=C.C=C.C=C.C=C.C=C.C=C.C=C.C=C.C=C.C=C.C=C.C=C.C=C.C=C.C=C.C=C.C=C.C=C.C=C.C=C.C=C.C=C.C=C.C=C.COOOOOOOOOOOOOCC(CO)(COOOOOOOOOOOOOC)CC(=O)CCCCCN1C(=O)C=CC1=O. The lowest BCUT2D eigenvalue weighted by Crippen LogP contribution is -2.38. The van der Waals surface area contributed by atoms with Crippen LogP contribution >= 0.6 is 0 Å². The maximum atomic E-state index is 12.7. The standard InChI is InChI=1S/C17H27NO30.24C2H4/c1-23-27-31-35-39-43-47-45-41-37-33-29-25-12-17(11-19,13-26-30-34-38-42-46-48-44-40-36-32-28-24-2)10-14(20)6-4-3-5-9-18-15(21)7-8-16(18)22;24*1-2/h7-8,19H,3-6,9-13H2,1-2H3;24*1-2H2. The number of hydrogen-bond donors (Lipinski definition) is 1. The molecule has 31 heteroatoms. The first-order valence-corrected chi connectivity index (χ1v) is 24.1. The van der Waals surface area contributed by atoms with E-state index >= 15 is 0 Å². The lowest BCUT2D eigenvalue weighted by molar-refractivity contribution is -0.870. The number of Topliss-reactive ketones (excluding diaryl/α,β-unsaturated/α-hetero) is 1. The number of aliphatic hydroxyl groups excluding tert-OH is 1. The molecule has 0 spiro atoms. The van der Waals surface area contributed by atoms with Crippen LogP contribution in [0.1, 0.15) is 32.1 Å². The molecule has 0 fully saturated rings. The Hall–Kier alpha value is -8.77. The van der Waals surface area contributed by atoms with Gasteiger partial charge in [-0.25, -0.2) is 19.6 Å². The molecule has 96 heavy (non-hydrogen) atoms. The summed E-state index contributed by atoms with van der Waals surface area (Å²) >= 11 is 0. The fourth-order valence-corrected chi connectivity index (χ4v) is 2.82. The summed E-state index contributed by atoms with van der Waals surface area (Å²) in [6.45, 7) is 142. The lowest BCUT2D eigenvalue weighted by atomic mass is 9.84. The zero-order valence-corrected chi connectivity index (χ0v) is 58.2. The molecule has 1 heterocycles. The van der Waals surface area contributed by atoms with Crippen LogP contribution in [0.15, 0.2) is 328 Å². The second-order valence-corrected chi connectivity index (χ2v) is 7.70. The number of amides is 2. The van der Waals surface area contributed by atoms with Crippen LogP contribution in [0.4, 0.5) is 0 Å². The van der Waals surface area contributed by atoms with E-state index in [0.717, 1.165) is 19.1 Å². The number of hydrogen-bond acceptors (Lipinski definition) is 30. The molecule has 0 unspecified atom stereocenters. The van der Waals surface area contributed by atoms with Crippen molar-refractivity contribution in [3.63, 3.8) is 0 Å². The molecule has 568 valence electrons. The molecule has 0 bridgehead atoms. The molecule has 1 rings (SSSR count). The predicted molar refractivity (Wildman–Crippen MR) is 383 cm³/mol. The molecule has 0 aromatic heterocycles. The highest BCUT2D eigenvalue weighted by molar-refractivity contribution is 6.12. The quantitative estimate of drug-likeness (QED) is 0.0198. The molecule has 1 aliphatic heterocycles. The highest BCUT2D eigenvalue weighted by Gasteiger charge is 2.35. The van der Waals surface area contributed by atoms with Gasteiger partial charge in [-0.1, -0.05) is 6.42 Å². The van der Waals surface area contributed by atoms with Crippen molar-refractivity contribution >= 4 is 17.6 Å². The molecular weight excluding hydrogens is 1270 g/mol. The van der Waals surface area contributed by atoms with Gasteiger partial charge in [0.1, 0.15) is 5.78 Å². The summed E-state index contributed by atoms with van der Waals surface area (Å²) < 4.78 is 0. The molecule has 1 aliphatic rings. The van der Waals surface area contributed by atoms with Gasteiger partial charge < -0.3 is 5.11 Å². The average molecular weight is 1400 g/mol. The van der Waals surface area contributed by atoms with Crippen LogP contribution in [0, 0.1) is 5.41 Å². The van der Waals surface area contributed by atoms with E-state index in [-0.39, 0.29) is 18.7 Å². The molecule has 0 saturated heterocycles. The minimum atomic E-state index is -1.59. The smallest absolute Gasteiger partial charge is 0.253 e. The number of carbonyl (C=O) groups excluding carboxylic acids is 3. The van der Waals surface area contributed by atoms with Crippen LogP contribution in [0.25, 0.3) is 0 Å². The first-order valence-electron chi connectivity index (χ1n) is 24.1. The number of carbonyl (C=O) groups is 3. The molecule has 0 aliphatic carbocycles. The third kappa shape index (κ3) is 222. The molecule has 0 radical (unpaired) electrons. The second-order valence-electron chi connectivity index (χ2n) is 7.70. The van der Waals surface area contributed by atoms with Crippen LogP contribution in [0.2, 0.25) is 0 Å². The third-order valence-corrected chi connectivity index (χ3v) is 4.66. The summed E-state index contributed by atoms with van der Waals surface area (Å²) in [7, 11) is 2.15. The number of unbranched alkanes of at least 4 members (excludes halogenated alkanes) is 2. The zero-order chi connectivity index (χ0) is 83.0. The van der Waals surface area contributed by atoms with Gasteiger partial charge in [0.2, 0.25) is 0 Å². The Bertz CT molecular complexity index is 1100. The Morgan fingerprint density at radius 1 is 0.312 bits per heavy atom. The fraction of sp³-hybridized carbons (Fsp3) is 0.185. The first kappa shape index (κ1) is 162. The number of nitrogens with zero attached hydrogens (tertiary/aromatic N) is 1. The summed E-state index contributed by atoms with van der Waals surface area (Å²) in [6, 6.07) is 0. The monoisotopic (exact) mass is 1400 g/mol. The summed E-state index contributed by atoms with van der Waals surface area (Å²) in [6.07, 6.45) is 3.25. The van der Waals surface area contributed by atoms with Gasteiger partial charge in [-0.2, -0.15) is 0 Å². The van der Waals surface area contributed by atoms with Gasteiger partial charge in [-0.05, 0) is 124 Å². The number of aliphatic hydroxyl groups is 1. The molecular formula is C65H123NO30. The van der Waals surface area contributed by atoms with E-state index in [1.165, 1.54) is 12.2 Å². The van der Waals surface area contributed by atoms with Crippen LogP contribution < -0.4 is 0 Å². The largest absolute Gasteiger partial charge is 0.396 e. The third-order valence-electron chi connectivity index (χ3n) is 4.66. The number of rotatable bonds is 37. The Balaban J connectivity index is -0.0000000411. The van der Waals surface area contributed by atoms with Crippen LogP contribution in [-0.4, -0.2) is 68.2 Å². The minimum Gasteiger partial charge on any atom is -0.396 e. The van der Waals surface area contributed by atoms with Gasteiger partial charge in [0.05, 0.1) is 39.5 Å². The molecule has 0 aromatic carbocycles. The Kier molecular flexibility index (Phi) is 495. The van der Waals surface area contributed by atoms with E-state index in [9.17, 15) is 19.5 Å². The van der Waals surface area contributed by atoms with Gasteiger partial charge in [0, 0.05) is 31.5 Å². The summed E-state index contributed by atoms with van der Waals surface area (Å²) in [4.78, 5) is 54.2. The lowest BCUT2D eigenvalue weighted by Gasteiger charge is -2.28.